The van der Waals surface area contributed by atoms with Crippen molar-refractivity contribution in [1.29, 1.82) is 0 Å². The van der Waals surface area contributed by atoms with Crippen molar-refractivity contribution in [1.82, 2.24) is 9.62 Å². The maximum Gasteiger partial charge on any atom is 0.226 e. The standard InChI is InChI=1S/C23H26F2N2O2S/c1-14-8-9-16(18(11-14)22-20(24)6-3-7-21(22)25)17-12-19(17)23(28)27-10-4-5-15(13-27)26-30(2)29/h3,6-9,11,15,17,19,26H,4-5,10,12-13H2,1-2H3. The molecular formula is C23H26F2N2O2S. The fourth-order valence-electron chi connectivity index (χ4n) is 4.52. The summed E-state index contributed by atoms with van der Waals surface area (Å²) in [5, 5.41) is 0. The molecule has 2 aliphatic rings. The normalized spacial score (nSPS) is 24.5. The summed E-state index contributed by atoms with van der Waals surface area (Å²) >= 11 is 0. The molecular weight excluding hydrogens is 406 g/mol. The minimum atomic E-state index is -1.11. The molecule has 4 unspecified atom stereocenters. The van der Waals surface area contributed by atoms with E-state index in [1.807, 2.05) is 24.0 Å². The van der Waals surface area contributed by atoms with Crippen LogP contribution in [0.15, 0.2) is 36.4 Å². The zero-order valence-corrected chi connectivity index (χ0v) is 18.0. The molecule has 4 rings (SSSR count). The van der Waals surface area contributed by atoms with Crippen LogP contribution >= 0.6 is 0 Å². The third kappa shape index (κ3) is 4.32. The van der Waals surface area contributed by atoms with Crippen LogP contribution in [0.2, 0.25) is 0 Å². The van der Waals surface area contributed by atoms with E-state index in [9.17, 15) is 17.8 Å². The zero-order chi connectivity index (χ0) is 21.4. The Morgan fingerprint density at radius 1 is 1.20 bits per heavy atom. The summed E-state index contributed by atoms with van der Waals surface area (Å²) in [6, 6.07) is 9.54. The molecule has 1 saturated carbocycles. The van der Waals surface area contributed by atoms with Gasteiger partial charge in [-0.1, -0.05) is 29.8 Å². The van der Waals surface area contributed by atoms with Crippen molar-refractivity contribution in [2.24, 2.45) is 5.92 Å². The first kappa shape index (κ1) is 21.1. The molecule has 1 heterocycles. The number of carbonyl (C=O) groups excluding carboxylic acids is 1. The average molecular weight is 433 g/mol. The van der Waals surface area contributed by atoms with Crippen molar-refractivity contribution in [3.63, 3.8) is 0 Å². The number of hydrogen-bond acceptors (Lipinski definition) is 2. The summed E-state index contributed by atoms with van der Waals surface area (Å²) in [6.45, 7) is 3.13. The molecule has 1 aliphatic carbocycles. The summed E-state index contributed by atoms with van der Waals surface area (Å²) < 4.78 is 43.4. The Labute approximate surface area is 178 Å². The number of benzene rings is 2. The molecule has 7 heteroatoms. The molecule has 0 bridgehead atoms. The molecule has 1 amide bonds. The minimum Gasteiger partial charge on any atom is -0.341 e. The van der Waals surface area contributed by atoms with Crippen LogP contribution in [0.4, 0.5) is 8.78 Å². The van der Waals surface area contributed by atoms with E-state index in [2.05, 4.69) is 4.72 Å². The number of nitrogens with one attached hydrogen (secondary N) is 1. The van der Waals surface area contributed by atoms with Crippen molar-refractivity contribution in [2.75, 3.05) is 19.3 Å². The molecule has 4 nitrogen and oxygen atoms in total. The molecule has 2 aromatic rings. The molecule has 0 spiro atoms. The largest absolute Gasteiger partial charge is 0.341 e. The Morgan fingerprint density at radius 3 is 2.63 bits per heavy atom. The van der Waals surface area contributed by atoms with E-state index in [4.69, 9.17) is 0 Å². The predicted octanol–water partition coefficient (Wildman–Crippen LogP) is 3.92. The van der Waals surface area contributed by atoms with E-state index >= 15 is 0 Å². The third-order valence-electron chi connectivity index (χ3n) is 6.01. The van der Waals surface area contributed by atoms with Crippen LogP contribution in [0.25, 0.3) is 11.1 Å². The number of piperidine rings is 1. The van der Waals surface area contributed by atoms with Gasteiger partial charge in [-0.15, -0.1) is 0 Å². The number of halogens is 2. The number of amides is 1. The quantitative estimate of drug-likeness (QED) is 0.779. The highest BCUT2D eigenvalue weighted by Crippen LogP contribution is 2.52. The summed E-state index contributed by atoms with van der Waals surface area (Å²) in [7, 11) is -1.11. The number of nitrogens with zero attached hydrogens (tertiary/aromatic N) is 1. The molecule has 1 aliphatic heterocycles. The first-order valence-corrected chi connectivity index (χ1v) is 11.8. The lowest BCUT2D eigenvalue weighted by Crippen LogP contribution is -2.48. The molecule has 1 saturated heterocycles. The lowest BCUT2D eigenvalue weighted by molar-refractivity contribution is -0.133. The van der Waals surface area contributed by atoms with Crippen molar-refractivity contribution in [3.8, 4) is 11.1 Å². The van der Waals surface area contributed by atoms with Crippen LogP contribution in [-0.2, 0) is 15.8 Å². The third-order valence-corrected chi connectivity index (χ3v) is 6.68. The number of aryl methyl sites for hydroxylation is 1. The van der Waals surface area contributed by atoms with Crippen molar-refractivity contribution in [3.05, 3.63) is 59.2 Å². The Morgan fingerprint density at radius 2 is 1.93 bits per heavy atom. The highest BCUT2D eigenvalue weighted by atomic mass is 32.2. The van der Waals surface area contributed by atoms with Crippen LogP contribution in [-0.4, -0.2) is 40.4 Å². The molecule has 160 valence electrons. The van der Waals surface area contributed by atoms with Gasteiger partial charge in [0.15, 0.2) is 0 Å². The van der Waals surface area contributed by atoms with Gasteiger partial charge in [0.2, 0.25) is 5.91 Å². The minimum absolute atomic E-state index is 0.0260. The predicted molar refractivity (Wildman–Crippen MR) is 114 cm³/mol. The highest BCUT2D eigenvalue weighted by Gasteiger charge is 2.47. The lowest BCUT2D eigenvalue weighted by Gasteiger charge is -2.33. The smallest absolute Gasteiger partial charge is 0.226 e. The van der Waals surface area contributed by atoms with Crippen molar-refractivity contribution in [2.45, 2.75) is 38.1 Å². The van der Waals surface area contributed by atoms with Gasteiger partial charge in [-0.05, 0) is 55.4 Å². The van der Waals surface area contributed by atoms with E-state index in [-0.39, 0.29) is 29.3 Å². The fraction of sp³-hybridized carbons (Fsp3) is 0.435. The van der Waals surface area contributed by atoms with Crippen LogP contribution in [0.5, 0.6) is 0 Å². The van der Waals surface area contributed by atoms with Gasteiger partial charge in [-0.25, -0.2) is 17.7 Å². The Balaban J connectivity index is 1.56. The number of carbonyl (C=O) groups is 1. The Kier molecular flexibility index (Phi) is 6.02. The number of hydrogen-bond donors (Lipinski definition) is 1. The first-order chi connectivity index (χ1) is 14.3. The second-order valence-electron chi connectivity index (χ2n) is 8.33. The van der Waals surface area contributed by atoms with Gasteiger partial charge in [0.1, 0.15) is 11.6 Å². The Bertz CT molecular complexity index is 977. The first-order valence-electron chi connectivity index (χ1n) is 10.3. The van der Waals surface area contributed by atoms with Gasteiger partial charge < -0.3 is 4.90 Å². The monoisotopic (exact) mass is 432 g/mol. The van der Waals surface area contributed by atoms with Gasteiger partial charge in [-0.3, -0.25) is 4.79 Å². The zero-order valence-electron chi connectivity index (χ0n) is 17.2. The summed E-state index contributed by atoms with van der Waals surface area (Å²) in [6.07, 6.45) is 4.04. The van der Waals surface area contributed by atoms with Crippen molar-refractivity contribution < 1.29 is 17.8 Å². The van der Waals surface area contributed by atoms with Crippen LogP contribution in [0, 0.1) is 24.5 Å². The van der Waals surface area contributed by atoms with Gasteiger partial charge in [0, 0.05) is 31.3 Å². The van der Waals surface area contributed by atoms with Gasteiger partial charge in [0.25, 0.3) is 0 Å². The maximum absolute atomic E-state index is 14.5. The fourth-order valence-corrected chi connectivity index (χ4v) is 5.18. The van der Waals surface area contributed by atoms with Crippen molar-refractivity contribution >= 4 is 16.9 Å². The van der Waals surface area contributed by atoms with Gasteiger partial charge >= 0.3 is 0 Å². The molecule has 1 N–H and O–H groups in total. The molecule has 4 atom stereocenters. The summed E-state index contributed by atoms with van der Waals surface area (Å²) in [4.78, 5) is 14.9. The molecule has 2 fully saturated rings. The number of rotatable bonds is 5. The lowest BCUT2D eigenvalue weighted by atomic mass is 9.93. The maximum atomic E-state index is 14.5. The summed E-state index contributed by atoms with van der Waals surface area (Å²) in [5.41, 5.74) is 2.24. The van der Waals surface area contributed by atoms with Gasteiger partial charge in [0.05, 0.1) is 16.5 Å². The second kappa shape index (κ2) is 8.55. The Hall–Kier alpha value is -2.12. The van der Waals surface area contributed by atoms with E-state index in [0.717, 1.165) is 24.0 Å². The van der Waals surface area contributed by atoms with E-state index < -0.39 is 22.6 Å². The highest BCUT2D eigenvalue weighted by molar-refractivity contribution is 7.82. The topological polar surface area (TPSA) is 49.4 Å². The summed E-state index contributed by atoms with van der Waals surface area (Å²) in [5.74, 6) is -1.33. The molecule has 30 heavy (non-hydrogen) atoms. The molecule has 0 radical (unpaired) electrons. The van der Waals surface area contributed by atoms with Gasteiger partial charge in [-0.2, -0.15) is 0 Å². The van der Waals surface area contributed by atoms with E-state index in [1.54, 1.807) is 12.3 Å². The second-order valence-corrected chi connectivity index (χ2v) is 9.48. The van der Waals surface area contributed by atoms with Crippen LogP contribution in [0.1, 0.15) is 36.3 Å². The van der Waals surface area contributed by atoms with E-state index in [1.165, 1.54) is 18.2 Å². The average Bonchev–Trinajstić information content (AvgIpc) is 3.48. The number of likely N-dealkylation sites (tertiary alicyclic amines) is 1. The SMILES string of the molecule is Cc1ccc(C2CC2C(=O)N2CCCC(NS(C)=O)C2)c(-c2c(F)cccc2F)c1. The molecule has 0 aromatic heterocycles. The van der Waals surface area contributed by atoms with E-state index in [0.29, 0.717) is 25.1 Å². The molecule has 2 aromatic carbocycles. The van der Waals surface area contributed by atoms with Crippen LogP contribution in [0.3, 0.4) is 0 Å². The van der Waals surface area contributed by atoms with Crippen LogP contribution < -0.4 is 4.72 Å².